The topological polar surface area (TPSA) is 79.3 Å². The van der Waals surface area contributed by atoms with Gasteiger partial charge in [-0.1, -0.05) is 0 Å². The number of carbonyl (C=O) groups excluding carboxylic acids is 1. The van der Waals surface area contributed by atoms with Gasteiger partial charge in [-0.15, -0.1) is 11.3 Å². The number of benzene rings is 1. The van der Waals surface area contributed by atoms with E-state index in [1.54, 1.807) is 0 Å². The lowest BCUT2D eigenvalue weighted by molar-refractivity contribution is -0.122. The van der Waals surface area contributed by atoms with Crippen LogP contribution in [0.3, 0.4) is 0 Å². The molecule has 2 aromatic rings. The number of rotatable bonds is 5. The van der Waals surface area contributed by atoms with Crippen LogP contribution < -0.4 is 5.32 Å². The molecular formula is C15H12F2N2O3S. The maximum Gasteiger partial charge on any atom is 0.355 e. The molecule has 0 radical (unpaired) electrons. The van der Waals surface area contributed by atoms with Gasteiger partial charge >= 0.3 is 5.97 Å². The predicted octanol–water partition coefficient (Wildman–Crippen LogP) is 2.54. The number of carbonyl (C=O) groups is 2. The first-order chi connectivity index (χ1) is 11.0. The van der Waals surface area contributed by atoms with Gasteiger partial charge in [0.25, 0.3) is 0 Å². The molecule has 120 valence electrons. The third-order valence-corrected chi connectivity index (χ3v) is 4.52. The van der Waals surface area contributed by atoms with Gasteiger partial charge in [-0.3, -0.25) is 4.79 Å². The van der Waals surface area contributed by atoms with E-state index in [0.717, 1.165) is 29.5 Å². The molecular weight excluding hydrogens is 326 g/mol. The molecule has 0 aliphatic heterocycles. The van der Waals surface area contributed by atoms with E-state index >= 15 is 0 Å². The third-order valence-electron chi connectivity index (χ3n) is 3.67. The quantitative estimate of drug-likeness (QED) is 0.878. The number of thiazole rings is 1. The molecule has 5 nitrogen and oxygen atoms in total. The summed E-state index contributed by atoms with van der Waals surface area (Å²) >= 11 is 1.14. The van der Waals surface area contributed by atoms with Crippen molar-refractivity contribution in [2.24, 2.45) is 5.92 Å². The minimum Gasteiger partial charge on any atom is -0.476 e. The summed E-state index contributed by atoms with van der Waals surface area (Å²) < 4.78 is 26.8. The maximum atomic E-state index is 13.7. The van der Waals surface area contributed by atoms with Crippen molar-refractivity contribution in [3.63, 3.8) is 0 Å². The summed E-state index contributed by atoms with van der Waals surface area (Å²) in [7, 11) is 0. The highest BCUT2D eigenvalue weighted by atomic mass is 32.1. The number of aromatic nitrogens is 1. The zero-order valence-corrected chi connectivity index (χ0v) is 12.6. The van der Waals surface area contributed by atoms with Crippen LogP contribution in [0.4, 0.5) is 8.78 Å². The molecule has 8 heteroatoms. The Balaban J connectivity index is 1.58. The lowest BCUT2D eigenvalue weighted by Crippen LogP contribution is -2.25. The molecule has 0 spiro atoms. The minimum absolute atomic E-state index is 0.0645. The lowest BCUT2D eigenvalue weighted by Gasteiger charge is -2.04. The molecule has 0 bridgehead atoms. The van der Waals surface area contributed by atoms with Crippen molar-refractivity contribution in [3.05, 3.63) is 51.5 Å². The molecule has 1 aromatic heterocycles. The largest absolute Gasteiger partial charge is 0.476 e. The second-order valence-corrected chi connectivity index (χ2v) is 6.21. The third kappa shape index (κ3) is 3.37. The van der Waals surface area contributed by atoms with Crippen molar-refractivity contribution in [2.75, 3.05) is 0 Å². The van der Waals surface area contributed by atoms with Crippen LogP contribution in [0, 0.1) is 17.6 Å². The Hall–Kier alpha value is -2.35. The molecule has 1 fully saturated rings. The van der Waals surface area contributed by atoms with Gasteiger partial charge in [0.1, 0.15) is 16.6 Å². The Bertz CT molecular complexity index is 778. The fraction of sp³-hybridized carbons (Fsp3) is 0.267. The fourth-order valence-corrected chi connectivity index (χ4v) is 3.12. The van der Waals surface area contributed by atoms with Crippen LogP contribution >= 0.6 is 11.3 Å². The van der Waals surface area contributed by atoms with E-state index in [0.29, 0.717) is 11.4 Å². The number of hydrogen-bond donors (Lipinski definition) is 2. The SMILES string of the molecule is O=C(O)c1csc(CNC(=O)[C@@H]2C[C@H]2c2cc(F)ccc2F)n1. The Morgan fingerprint density at radius 2 is 2.17 bits per heavy atom. The summed E-state index contributed by atoms with van der Waals surface area (Å²) in [6.07, 6.45) is 0.463. The van der Waals surface area contributed by atoms with Gasteiger partial charge < -0.3 is 10.4 Å². The van der Waals surface area contributed by atoms with Crippen LogP contribution in [0.1, 0.15) is 33.4 Å². The average Bonchev–Trinajstić information content (AvgIpc) is 3.16. The Kier molecular flexibility index (Phi) is 4.08. The zero-order valence-electron chi connectivity index (χ0n) is 11.8. The summed E-state index contributed by atoms with van der Waals surface area (Å²) in [5, 5.41) is 13.3. The highest BCUT2D eigenvalue weighted by Gasteiger charge is 2.45. The summed E-state index contributed by atoms with van der Waals surface area (Å²) in [4.78, 5) is 26.6. The van der Waals surface area contributed by atoms with Gasteiger partial charge in [0.05, 0.1) is 6.54 Å². The number of hydrogen-bond acceptors (Lipinski definition) is 4. The van der Waals surface area contributed by atoms with E-state index in [9.17, 15) is 18.4 Å². The summed E-state index contributed by atoms with van der Waals surface area (Å²) in [5.41, 5.74) is 0.151. The van der Waals surface area contributed by atoms with Crippen LogP contribution in [0.25, 0.3) is 0 Å². The van der Waals surface area contributed by atoms with Crippen molar-refractivity contribution >= 4 is 23.2 Å². The number of carboxylic acid groups (broad SMARTS) is 1. The van der Waals surface area contributed by atoms with Crippen molar-refractivity contribution in [2.45, 2.75) is 18.9 Å². The number of halogens is 2. The highest BCUT2D eigenvalue weighted by molar-refractivity contribution is 7.09. The fourth-order valence-electron chi connectivity index (χ4n) is 2.41. The molecule has 0 unspecified atom stereocenters. The Morgan fingerprint density at radius 1 is 1.39 bits per heavy atom. The second kappa shape index (κ2) is 6.04. The molecule has 1 saturated carbocycles. The van der Waals surface area contributed by atoms with Gasteiger partial charge in [-0.2, -0.15) is 0 Å². The first-order valence-electron chi connectivity index (χ1n) is 6.86. The Morgan fingerprint density at radius 3 is 2.87 bits per heavy atom. The molecule has 1 aromatic carbocycles. The van der Waals surface area contributed by atoms with E-state index in [1.807, 2.05) is 0 Å². The monoisotopic (exact) mass is 338 g/mol. The number of carboxylic acids is 1. The predicted molar refractivity (Wildman–Crippen MR) is 78.1 cm³/mol. The lowest BCUT2D eigenvalue weighted by atomic mass is 10.1. The molecule has 1 heterocycles. The number of amides is 1. The van der Waals surface area contributed by atoms with Gasteiger partial charge in [-0.05, 0) is 36.1 Å². The minimum atomic E-state index is -1.12. The van der Waals surface area contributed by atoms with Gasteiger partial charge in [-0.25, -0.2) is 18.6 Å². The molecule has 1 aliphatic rings. The van der Waals surface area contributed by atoms with Crippen molar-refractivity contribution in [1.82, 2.24) is 10.3 Å². The first-order valence-corrected chi connectivity index (χ1v) is 7.74. The van der Waals surface area contributed by atoms with E-state index in [4.69, 9.17) is 5.11 Å². The van der Waals surface area contributed by atoms with Crippen molar-refractivity contribution < 1.29 is 23.5 Å². The molecule has 1 amide bonds. The van der Waals surface area contributed by atoms with E-state index in [1.165, 1.54) is 5.38 Å². The van der Waals surface area contributed by atoms with Crippen LogP contribution in [0.2, 0.25) is 0 Å². The second-order valence-electron chi connectivity index (χ2n) is 5.26. The average molecular weight is 338 g/mol. The van der Waals surface area contributed by atoms with E-state index < -0.39 is 23.5 Å². The van der Waals surface area contributed by atoms with Gasteiger partial charge in [0.15, 0.2) is 5.69 Å². The standard InChI is InChI=1S/C15H12F2N2O3S/c16-7-1-2-11(17)9(3-7)8-4-10(8)14(20)18-5-13-19-12(6-23-13)15(21)22/h1-3,6,8,10H,4-5H2,(H,18,20)(H,21,22)/t8-,10+/m0/s1. The maximum absolute atomic E-state index is 13.7. The van der Waals surface area contributed by atoms with Crippen LogP contribution in [-0.4, -0.2) is 22.0 Å². The first kappa shape index (κ1) is 15.5. The van der Waals surface area contributed by atoms with Gasteiger partial charge in [0.2, 0.25) is 5.91 Å². The number of nitrogens with one attached hydrogen (secondary N) is 1. The molecule has 23 heavy (non-hydrogen) atoms. The number of nitrogens with zero attached hydrogens (tertiary/aromatic N) is 1. The number of aromatic carboxylic acids is 1. The smallest absolute Gasteiger partial charge is 0.355 e. The molecule has 3 rings (SSSR count). The van der Waals surface area contributed by atoms with E-state index in [2.05, 4.69) is 10.3 Å². The molecule has 2 atom stereocenters. The van der Waals surface area contributed by atoms with Crippen LogP contribution in [-0.2, 0) is 11.3 Å². The van der Waals surface area contributed by atoms with Crippen LogP contribution in [0.15, 0.2) is 23.6 Å². The summed E-state index contributed by atoms with van der Waals surface area (Å²) in [6, 6.07) is 3.22. The van der Waals surface area contributed by atoms with E-state index in [-0.39, 0.29) is 29.6 Å². The zero-order chi connectivity index (χ0) is 16.6. The Labute approximate surface area is 134 Å². The highest BCUT2D eigenvalue weighted by Crippen LogP contribution is 2.48. The summed E-state index contributed by atoms with van der Waals surface area (Å²) in [5.74, 6) is -3.16. The molecule has 0 saturated heterocycles. The van der Waals surface area contributed by atoms with Crippen molar-refractivity contribution in [3.8, 4) is 0 Å². The van der Waals surface area contributed by atoms with Crippen molar-refractivity contribution in [1.29, 1.82) is 0 Å². The normalized spacial score (nSPS) is 19.4. The van der Waals surface area contributed by atoms with Gasteiger partial charge in [0, 0.05) is 11.3 Å². The molecule has 2 N–H and O–H groups in total. The summed E-state index contributed by atoms with van der Waals surface area (Å²) in [6.45, 7) is 0.117. The van der Waals surface area contributed by atoms with Crippen LogP contribution in [0.5, 0.6) is 0 Å². The molecule has 1 aliphatic carbocycles.